The summed E-state index contributed by atoms with van der Waals surface area (Å²) in [5.74, 6) is 5.50. The lowest BCUT2D eigenvalue weighted by molar-refractivity contribution is -0.109. The van der Waals surface area contributed by atoms with Gasteiger partial charge in [-0.25, -0.2) is 0 Å². The van der Waals surface area contributed by atoms with E-state index in [2.05, 4.69) is 19.9 Å². The Labute approximate surface area is 180 Å². The van der Waals surface area contributed by atoms with E-state index in [9.17, 15) is 5.26 Å². The summed E-state index contributed by atoms with van der Waals surface area (Å²) in [6.45, 7) is 5.47. The maximum Gasteiger partial charge on any atom is 0.0689 e. The third-order valence-corrected chi connectivity index (χ3v) is 9.65. The van der Waals surface area contributed by atoms with Crippen molar-refractivity contribution in [3.63, 3.8) is 0 Å². The molecule has 8 atom stereocenters. The molecule has 0 aliphatic heterocycles. The van der Waals surface area contributed by atoms with Gasteiger partial charge in [0.15, 0.2) is 0 Å². The number of nitriles is 1. The van der Waals surface area contributed by atoms with Crippen LogP contribution in [0.3, 0.4) is 0 Å². The van der Waals surface area contributed by atoms with Gasteiger partial charge in [-0.3, -0.25) is 0 Å². The van der Waals surface area contributed by atoms with Crippen molar-refractivity contribution in [2.75, 3.05) is 6.61 Å². The summed E-state index contributed by atoms with van der Waals surface area (Å²) in [5.41, 5.74) is 0.0182. The van der Waals surface area contributed by atoms with Crippen LogP contribution in [0.1, 0.15) is 110 Å². The smallest absolute Gasteiger partial charge is 0.0689 e. The summed E-state index contributed by atoms with van der Waals surface area (Å²) >= 11 is 0. The Morgan fingerprint density at radius 3 is 2.38 bits per heavy atom. The van der Waals surface area contributed by atoms with E-state index in [4.69, 9.17) is 4.74 Å². The van der Waals surface area contributed by atoms with E-state index in [0.717, 1.165) is 55.0 Å². The molecule has 4 fully saturated rings. The van der Waals surface area contributed by atoms with Crippen LogP contribution in [0.4, 0.5) is 0 Å². The van der Waals surface area contributed by atoms with Gasteiger partial charge < -0.3 is 4.74 Å². The van der Waals surface area contributed by atoms with E-state index >= 15 is 0 Å². The van der Waals surface area contributed by atoms with Crippen molar-refractivity contribution >= 4 is 0 Å². The summed E-state index contributed by atoms with van der Waals surface area (Å²) in [6, 6.07) is 2.84. The molecule has 4 aliphatic rings. The molecule has 0 bridgehead atoms. The fourth-order valence-electron chi connectivity index (χ4n) is 8.36. The van der Waals surface area contributed by atoms with Crippen LogP contribution in [-0.4, -0.2) is 12.7 Å². The summed E-state index contributed by atoms with van der Waals surface area (Å²) in [6.07, 6.45) is 20.4. The lowest BCUT2D eigenvalue weighted by Gasteiger charge is -2.57. The third-order valence-electron chi connectivity index (χ3n) is 9.65. The fourth-order valence-corrected chi connectivity index (χ4v) is 8.36. The molecule has 164 valence electrons. The lowest BCUT2D eigenvalue weighted by Crippen LogP contribution is -2.50. The van der Waals surface area contributed by atoms with Crippen LogP contribution in [0.2, 0.25) is 0 Å². The summed E-state index contributed by atoms with van der Waals surface area (Å²) in [5, 5.41) is 10.1. The van der Waals surface area contributed by atoms with Crippen molar-refractivity contribution in [1.82, 2.24) is 0 Å². The molecule has 0 aromatic rings. The Kier molecular flexibility index (Phi) is 7.26. The number of fused-ring (bicyclic) bond motifs is 5. The predicted molar refractivity (Wildman–Crippen MR) is 119 cm³/mol. The number of hydrogen-bond donors (Lipinski definition) is 0. The van der Waals surface area contributed by atoms with Crippen LogP contribution in [-0.2, 0) is 4.74 Å². The lowest BCUT2D eigenvalue weighted by atomic mass is 9.49. The molecule has 0 aromatic carbocycles. The standard InChI is InChI=1S/C27H45NO/c1-3-5-6-15-27(19-28)16-14-21-20(18-27)10-11-24-22-8-7-9-26(29-17-4-2)25(22)13-12-23(21)24/h20-26H,3-18H2,1-2H3/t20?,21?,22?,23?,24?,25?,26-,27-/m1/s1. The summed E-state index contributed by atoms with van der Waals surface area (Å²) in [4.78, 5) is 0. The first-order valence-electron chi connectivity index (χ1n) is 13.2. The fraction of sp³-hybridized carbons (Fsp3) is 0.963. The zero-order valence-corrected chi connectivity index (χ0v) is 19.2. The first-order valence-corrected chi connectivity index (χ1v) is 13.2. The summed E-state index contributed by atoms with van der Waals surface area (Å²) < 4.78 is 6.34. The predicted octanol–water partition coefficient (Wildman–Crippen LogP) is 7.52. The van der Waals surface area contributed by atoms with Crippen molar-refractivity contribution in [2.24, 2.45) is 40.9 Å². The minimum atomic E-state index is 0.0182. The van der Waals surface area contributed by atoms with Crippen molar-refractivity contribution in [1.29, 1.82) is 5.26 Å². The molecule has 0 aromatic heterocycles. The maximum atomic E-state index is 10.1. The van der Waals surface area contributed by atoms with E-state index in [1.165, 1.54) is 83.5 Å². The largest absolute Gasteiger partial charge is 0.378 e. The molecule has 2 nitrogen and oxygen atoms in total. The normalized spacial score (nSPS) is 44.2. The summed E-state index contributed by atoms with van der Waals surface area (Å²) in [7, 11) is 0. The first kappa shape index (κ1) is 21.7. The van der Waals surface area contributed by atoms with Gasteiger partial charge in [0.2, 0.25) is 0 Å². The van der Waals surface area contributed by atoms with Gasteiger partial charge in [0, 0.05) is 6.61 Å². The quantitative estimate of drug-likeness (QED) is 0.415. The van der Waals surface area contributed by atoms with Crippen molar-refractivity contribution < 1.29 is 4.74 Å². The third kappa shape index (κ3) is 4.42. The molecule has 2 heteroatoms. The molecular weight excluding hydrogens is 354 g/mol. The second-order valence-electron chi connectivity index (χ2n) is 11.2. The molecule has 0 radical (unpaired) electrons. The van der Waals surface area contributed by atoms with Gasteiger partial charge in [0.1, 0.15) is 0 Å². The molecule has 29 heavy (non-hydrogen) atoms. The van der Waals surface area contributed by atoms with E-state index < -0.39 is 0 Å². The van der Waals surface area contributed by atoms with Gasteiger partial charge in [0.05, 0.1) is 17.6 Å². The van der Waals surface area contributed by atoms with Gasteiger partial charge in [-0.1, -0.05) is 39.5 Å². The van der Waals surface area contributed by atoms with Crippen LogP contribution in [0.15, 0.2) is 0 Å². The second kappa shape index (κ2) is 9.72. The minimum Gasteiger partial charge on any atom is -0.378 e. The number of hydrogen-bond acceptors (Lipinski definition) is 2. The topological polar surface area (TPSA) is 33.0 Å². The van der Waals surface area contributed by atoms with Gasteiger partial charge in [-0.05, 0) is 106 Å². The zero-order valence-electron chi connectivity index (χ0n) is 19.2. The average Bonchev–Trinajstić information content (AvgIpc) is 2.77. The molecule has 4 aliphatic carbocycles. The van der Waals surface area contributed by atoms with Crippen molar-refractivity contribution in [3.8, 4) is 6.07 Å². The van der Waals surface area contributed by atoms with Crippen LogP contribution >= 0.6 is 0 Å². The highest BCUT2D eigenvalue weighted by Gasteiger charge is 2.52. The highest BCUT2D eigenvalue weighted by molar-refractivity contribution is 5.07. The monoisotopic (exact) mass is 399 g/mol. The molecule has 0 heterocycles. The van der Waals surface area contributed by atoms with Gasteiger partial charge in [-0.15, -0.1) is 0 Å². The molecule has 0 saturated heterocycles. The average molecular weight is 400 g/mol. The first-order chi connectivity index (χ1) is 14.2. The van der Waals surface area contributed by atoms with Crippen LogP contribution in [0, 0.1) is 52.3 Å². The molecule has 6 unspecified atom stereocenters. The number of unbranched alkanes of at least 4 members (excludes halogenated alkanes) is 2. The Hall–Kier alpha value is -0.550. The molecule has 0 N–H and O–H groups in total. The molecule has 4 rings (SSSR count). The van der Waals surface area contributed by atoms with Gasteiger partial charge >= 0.3 is 0 Å². The van der Waals surface area contributed by atoms with E-state index in [0.29, 0.717) is 6.10 Å². The number of nitrogens with zero attached hydrogens (tertiary/aromatic N) is 1. The number of ether oxygens (including phenoxy) is 1. The van der Waals surface area contributed by atoms with Crippen LogP contribution in [0.5, 0.6) is 0 Å². The minimum absolute atomic E-state index is 0.0182. The molecular formula is C27H45NO. The maximum absolute atomic E-state index is 10.1. The van der Waals surface area contributed by atoms with E-state index in [-0.39, 0.29) is 5.41 Å². The van der Waals surface area contributed by atoms with E-state index in [1.807, 2.05) is 0 Å². The number of rotatable bonds is 7. The Morgan fingerprint density at radius 1 is 0.828 bits per heavy atom. The Morgan fingerprint density at radius 2 is 1.59 bits per heavy atom. The van der Waals surface area contributed by atoms with E-state index in [1.54, 1.807) is 0 Å². The molecule has 0 spiro atoms. The van der Waals surface area contributed by atoms with Crippen molar-refractivity contribution in [2.45, 2.75) is 116 Å². The SMILES string of the molecule is CCCCC[C@@]1(C#N)CCC2C(CCC3C2CCC2C3CCC[C@H]2OCCC)C1. The van der Waals surface area contributed by atoms with Crippen LogP contribution in [0.25, 0.3) is 0 Å². The zero-order chi connectivity index (χ0) is 20.3. The van der Waals surface area contributed by atoms with Gasteiger partial charge in [0.25, 0.3) is 0 Å². The Bertz CT molecular complexity index is 567. The highest BCUT2D eigenvalue weighted by atomic mass is 16.5. The molecule has 4 saturated carbocycles. The van der Waals surface area contributed by atoms with Gasteiger partial charge in [-0.2, -0.15) is 5.26 Å². The van der Waals surface area contributed by atoms with Crippen molar-refractivity contribution in [3.05, 3.63) is 0 Å². The second-order valence-corrected chi connectivity index (χ2v) is 11.2. The van der Waals surface area contributed by atoms with Crippen LogP contribution < -0.4 is 0 Å². The Balaban J connectivity index is 1.40. The molecule has 0 amide bonds. The highest BCUT2D eigenvalue weighted by Crippen LogP contribution is 2.60.